The minimum absolute atomic E-state index is 0.0817. The number of likely N-dealkylation sites (tertiary alicyclic amines) is 2. The van der Waals surface area contributed by atoms with Crippen LogP contribution in [0.25, 0.3) is 0 Å². The number of hydrogen-bond acceptors (Lipinski definition) is 3. The minimum atomic E-state index is -0.356. The molecule has 0 aromatic heterocycles. The third-order valence-electron chi connectivity index (χ3n) is 6.48. The summed E-state index contributed by atoms with van der Waals surface area (Å²) in [7, 11) is 0. The lowest BCUT2D eigenvalue weighted by molar-refractivity contribution is -0.136. The summed E-state index contributed by atoms with van der Waals surface area (Å²) >= 11 is 0. The zero-order valence-corrected chi connectivity index (χ0v) is 17.0. The van der Waals surface area contributed by atoms with Crippen LogP contribution in [0, 0.1) is 23.6 Å². The zero-order valence-electron chi connectivity index (χ0n) is 17.0. The summed E-state index contributed by atoms with van der Waals surface area (Å²) in [6.07, 6.45) is 3.45. The summed E-state index contributed by atoms with van der Waals surface area (Å²) in [5.41, 5.74) is 5.86. The predicted octanol–water partition coefficient (Wildman–Crippen LogP) is 2.43. The van der Waals surface area contributed by atoms with Crippen molar-refractivity contribution >= 4 is 17.7 Å². The van der Waals surface area contributed by atoms with E-state index in [2.05, 4.69) is 6.92 Å². The van der Waals surface area contributed by atoms with Gasteiger partial charge in [0.15, 0.2) is 0 Å². The lowest BCUT2D eigenvalue weighted by Crippen LogP contribution is -2.46. The highest BCUT2D eigenvalue weighted by atomic mass is 19.1. The van der Waals surface area contributed by atoms with Crippen molar-refractivity contribution in [3.05, 3.63) is 35.6 Å². The Hall–Kier alpha value is -2.44. The maximum absolute atomic E-state index is 13.1. The van der Waals surface area contributed by atoms with Gasteiger partial charge in [-0.15, -0.1) is 0 Å². The highest BCUT2D eigenvalue weighted by Crippen LogP contribution is 2.31. The molecular weight excluding hydrogens is 373 g/mol. The molecule has 1 aromatic rings. The Morgan fingerprint density at radius 2 is 1.62 bits per heavy atom. The Bertz CT molecular complexity index is 744. The van der Waals surface area contributed by atoms with E-state index in [1.807, 2.05) is 9.80 Å². The molecule has 6 nitrogen and oxygen atoms in total. The number of amides is 3. The van der Waals surface area contributed by atoms with Crippen molar-refractivity contribution in [3.63, 3.8) is 0 Å². The van der Waals surface area contributed by atoms with Crippen molar-refractivity contribution in [3.8, 4) is 0 Å². The van der Waals surface area contributed by atoms with E-state index in [0.29, 0.717) is 51.0 Å². The summed E-state index contributed by atoms with van der Waals surface area (Å²) < 4.78 is 13.1. The largest absolute Gasteiger partial charge is 0.369 e. The van der Waals surface area contributed by atoms with E-state index in [1.165, 1.54) is 24.3 Å². The number of carbonyl (C=O) groups is 3. The molecular formula is C22H30FN3O3. The van der Waals surface area contributed by atoms with E-state index in [9.17, 15) is 18.8 Å². The number of rotatable bonds is 5. The normalized spacial score (nSPS) is 23.1. The Morgan fingerprint density at radius 3 is 2.21 bits per heavy atom. The predicted molar refractivity (Wildman–Crippen MR) is 107 cm³/mol. The van der Waals surface area contributed by atoms with Gasteiger partial charge in [0.2, 0.25) is 11.8 Å². The molecule has 0 saturated carbocycles. The fraction of sp³-hybridized carbons (Fsp3) is 0.591. The molecule has 0 bridgehead atoms. The first kappa shape index (κ1) is 21.3. The number of carbonyl (C=O) groups excluding carboxylic acids is 3. The molecule has 0 spiro atoms. The van der Waals surface area contributed by atoms with E-state index < -0.39 is 0 Å². The molecule has 2 heterocycles. The van der Waals surface area contributed by atoms with Crippen LogP contribution < -0.4 is 5.73 Å². The van der Waals surface area contributed by atoms with E-state index in [-0.39, 0.29) is 41.3 Å². The summed E-state index contributed by atoms with van der Waals surface area (Å²) in [6.45, 7) is 4.49. The van der Waals surface area contributed by atoms with Crippen molar-refractivity contribution in [2.24, 2.45) is 23.5 Å². The van der Waals surface area contributed by atoms with Gasteiger partial charge in [0.25, 0.3) is 5.91 Å². The average molecular weight is 403 g/mol. The maximum Gasteiger partial charge on any atom is 0.253 e. The molecule has 2 saturated heterocycles. The number of hydrogen-bond donors (Lipinski definition) is 1. The van der Waals surface area contributed by atoms with Crippen LogP contribution in [0.3, 0.4) is 0 Å². The standard InChI is InChI=1S/C22H30FN3O3/c1-2-15-14-26(22(29)17-3-5-19(23)6-4-17)12-9-18(15)13-20(27)25-10-7-16(8-11-25)21(24)28/h3-6,15-16,18H,2,7-14H2,1H3,(H2,24,28)/t15-,18-/m0/s1. The molecule has 0 radical (unpaired) electrons. The quantitative estimate of drug-likeness (QED) is 0.820. The SMILES string of the molecule is CC[C@H]1CN(C(=O)c2ccc(F)cc2)CC[C@H]1CC(=O)N1CCC(C(N)=O)CC1. The van der Waals surface area contributed by atoms with Crippen molar-refractivity contribution in [1.29, 1.82) is 0 Å². The van der Waals surface area contributed by atoms with Gasteiger partial charge in [-0.05, 0) is 55.4 Å². The fourth-order valence-corrected chi connectivity index (χ4v) is 4.54. The second kappa shape index (κ2) is 9.37. The molecule has 2 aliphatic heterocycles. The lowest BCUT2D eigenvalue weighted by Gasteiger charge is -2.39. The van der Waals surface area contributed by atoms with Gasteiger partial charge >= 0.3 is 0 Å². The van der Waals surface area contributed by atoms with E-state index in [1.54, 1.807) is 0 Å². The second-order valence-corrected chi connectivity index (χ2v) is 8.24. The molecule has 0 unspecified atom stereocenters. The van der Waals surface area contributed by atoms with Crippen LogP contribution in [0.4, 0.5) is 4.39 Å². The molecule has 2 fully saturated rings. The summed E-state index contributed by atoms with van der Waals surface area (Å²) in [5, 5.41) is 0. The molecule has 0 aliphatic carbocycles. The highest BCUT2D eigenvalue weighted by Gasteiger charge is 2.34. The Balaban J connectivity index is 1.54. The number of primary amides is 1. The number of piperidine rings is 2. The van der Waals surface area contributed by atoms with Crippen LogP contribution in [0.5, 0.6) is 0 Å². The first-order valence-corrected chi connectivity index (χ1v) is 10.5. The van der Waals surface area contributed by atoms with Crippen LogP contribution in [0.1, 0.15) is 49.4 Å². The summed E-state index contributed by atoms with van der Waals surface area (Å²) in [4.78, 5) is 40.5. The Labute approximate surface area is 171 Å². The monoisotopic (exact) mass is 403 g/mol. The van der Waals surface area contributed by atoms with Crippen LogP contribution in [0.2, 0.25) is 0 Å². The van der Waals surface area contributed by atoms with Crippen LogP contribution in [-0.4, -0.2) is 53.7 Å². The van der Waals surface area contributed by atoms with Crippen molar-refractivity contribution in [2.75, 3.05) is 26.2 Å². The third-order valence-corrected chi connectivity index (χ3v) is 6.48. The van der Waals surface area contributed by atoms with Crippen LogP contribution in [-0.2, 0) is 9.59 Å². The zero-order chi connectivity index (χ0) is 21.0. The van der Waals surface area contributed by atoms with E-state index >= 15 is 0 Å². The Morgan fingerprint density at radius 1 is 1.00 bits per heavy atom. The van der Waals surface area contributed by atoms with Crippen LogP contribution >= 0.6 is 0 Å². The van der Waals surface area contributed by atoms with Gasteiger partial charge < -0.3 is 15.5 Å². The number of nitrogens with zero attached hydrogens (tertiary/aromatic N) is 2. The average Bonchev–Trinajstić information content (AvgIpc) is 2.74. The van der Waals surface area contributed by atoms with E-state index in [0.717, 1.165) is 12.8 Å². The molecule has 158 valence electrons. The Kier molecular flexibility index (Phi) is 6.87. The number of nitrogens with two attached hydrogens (primary N) is 1. The van der Waals surface area contributed by atoms with Gasteiger partial charge in [0, 0.05) is 44.1 Å². The third kappa shape index (κ3) is 5.14. The van der Waals surface area contributed by atoms with Crippen LogP contribution in [0.15, 0.2) is 24.3 Å². The van der Waals surface area contributed by atoms with Gasteiger partial charge in [-0.1, -0.05) is 13.3 Å². The minimum Gasteiger partial charge on any atom is -0.369 e. The lowest BCUT2D eigenvalue weighted by atomic mass is 9.81. The molecule has 1 aromatic carbocycles. The molecule has 2 N–H and O–H groups in total. The first-order chi connectivity index (χ1) is 13.9. The summed E-state index contributed by atoms with van der Waals surface area (Å²) in [5.74, 6) is -0.190. The van der Waals surface area contributed by atoms with Crippen molar-refractivity contribution in [2.45, 2.75) is 39.0 Å². The molecule has 2 aliphatic rings. The summed E-state index contributed by atoms with van der Waals surface area (Å²) in [6, 6.07) is 5.64. The molecule has 3 amide bonds. The maximum atomic E-state index is 13.1. The van der Waals surface area contributed by atoms with Gasteiger partial charge in [-0.2, -0.15) is 0 Å². The van der Waals surface area contributed by atoms with Gasteiger partial charge in [0.1, 0.15) is 5.82 Å². The smallest absolute Gasteiger partial charge is 0.253 e. The van der Waals surface area contributed by atoms with Crippen molar-refractivity contribution in [1.82, 2.24) is 9.80 Å². The molecule has 2 atom stereocenters. The molecule has 3 rings (SSSR count). The molecule has 29 heavy (non-hydrogen) atoms. The second-order valence-electron chi connectivity index (χ2n) is 8.24. The number of benzene rings is 1. The highest BCUT2D eigenvalue weighted by molar-refractivity contribution is 5.94. The van der Waals surface area contributed by atoms with Gasteiger partial charge in [-0.25, -0.2) is 4.39 Å². The first-order valence-electron chi connectivity index (χ1n) is 10.5. The fourth-order valence-electron chi connectivity index (χ4n) is 4.54. The van der Waals surface area contributed by atoms with E-state index in [4.69, 9.17) is 5.73 Å². The van der Waals surface area contributed by atoms with Crippen molar-refractivity contribution < 1.29 is 18.8 Å². The van der Waals surface area contributed by atoms with Gasteiger partial charge in [0.05, 0.1) is 0 Å². The number of halogens is 1. The van der Waals surface area contributed by atoms with Gasteiger partial charge in [-0.3, -0.25) is 14.4 Å². The molecule has 7 heteroatoms. The topological polar surface area (TPSA) is 83.7 Å².